The Kier molecular flexibility index (Phi) is 6.05. The molecular weight excluding hydrogens is 442 g/mol. The van der Waals surface area contributed by atoms with E-state index in [0.29, 0.717) is 23.8 Å². The van der Waals surface area contributed by atoms with Crippen molar-refractivity contribution < 1.29 is 9.53 Å². The summed E-state index contributed by atoms with van der Waals surface area (Å²) < 4.78 is 6.18. The van der Waals surface area contributed by atoms with Gasteiger partial charge in [-0.3, -0.25) is 0 Å². The summed E-state index contributed by atoms with van der Waals surface area (Å²) in [5.41, 5.74) is 3.01. The van der Waals surface area contributed by atoms with Gasteiger partial charge in [-0.15, -0.1) is 0 Å². The van der Waals surface area contributed by atoms with Crippen molar-refractivity contribution in [1.29, 1.82) is 0 Å². The van der Waals surface area contributed by atoms with Crippen molar-refractivity contribution in [1.82, 2.24) is 9.97 Å². The number of nitrogens with zero attached hydrogens (tertiary/aromatic N) is 2. The Labute approximate surface area is 183 Å². The van der Waals surface area contributed by atoms with Crippen LogP contribution < -0.4 is 5.32 Å². The molecule has 30 heavy (non-hydrogen) atoms. The third-order valence-electron chi connectivity index (χ3n) is 4.49. The van der Waals surface area contributed by atoms with Crippen LogP contribution in [-0.2, 0) is 4.74 Å². The summed E-state index contributed by atoms with van der Waals surface area (Å²) >= 11 is 3.53. The Hall–Kier alpha value is -3.25. The van der Waals surface area contributed by atoms with Crippen LogP contribution in [0.4, 0.5) is 11.5 Å². The first-order valence-corrected chi connectivity index (χ1v) is 10.5. The topological polar surface area (TPSA) is 64.1 Å². The van der Waals surface area contributed by atoms with Gasteiger partial charge in [0.05, 0.1) is 17.7 Å². The van der Waals surface area contributed by atoms with Gasteiger partial charge in [-0.05, 0) is 42.8 Å². The van der Waals surface area contributed by atoms with Gasteiger partial charge in [-0.1, -0.05) is 59.3 Å². The zero-order chi connectivity index (χ0) is 20.9. The highest BCUT2D eigenvalue weighted by Gasteiger charge is 2.12. The predicted octanol–water partition coefficient (Wildman–Crippen LogP) is 6.37. The first kappa shape index (κ1) is 20.0. The highest BCUT2D eigenvalue weighted by atomic mass is 79.9. The maximum absolute atomic E-state index is 12.2. The van der Waals surface area contributed by atoms with Crippen LogP contribution in [0.25, 0.3) is 22.3 Å². The maximum Gasteiger partial charge on any atom is 0.338 e. The normalized spacial score (nSPS) is 10.7. The summed E-state index contributed by atoms with van der Waals surface area (Å²) in [6.45, 7) is 2.37. The van der Waals surface area contributed by atoms with E-state index in [0.717, 1.165) is 33.0 Å². The lowest BCUT2D eigenvalue weighted by Crippen LogP contribution is -2.06. The lowest BCUT2D eigenvalue weighted by atomic mass is 10.1. The number of esters is 1. The molecular formula is C24H20BrN3O2. The van der Waals surface area contributed by atoms with Gasteiger partial charge in [0.15, 0.2) is 5.82 Å². The van der Waals surface area contributed by atoms with E-state index < -0.39 is 0 Å². The number of hydrogen-bond donors (Lipinski definition) is 1. The van der Waals surface area contributed by atoms with Crippen molar-refractivity contribution >= 4 is 44.3 Å². The molecule has 0 unspecified atom stereocenters. The molecule has 0 aliphatic rings. The fourth-order valence-corrected chi connectivity index (χ4v) is 3.41. The Bertz CT molecular complexity index is 1200. The average molecular weight is 462 g/mol. The number of halogens is 1. The van der Waals surface area contributed by atoms with E-state index in [1.807, 2.05) is 67.6 Å². The molecule has 0 amide bonds. The van der Waals surface area contributed by atoms with Crippen LogP contribution >= 0.6 is 15.9 Å². The fourth-order valence-electron chi connectivity index (χ4n) is 3.05. The monoisotopic (exact) mass is 461 g/mol. The van der Waals surface area contributed by atoms with Crippen molar-refractivity contribution in [2.24, 2.45) is 0 Å². The number of anilines is 2. The van der Waals surface area contributed by atoms with Crippen LogP contribution in [-0.4, -0.2) is 22.5 Å². The molecule has 1 aromatic heterocycles. The quantitative estimate of drug-likeness (QED) is 0.338. The van der Waals surface area contributed by atoms with E-state index >= 15 is 0 Å². The number of hydrogen-bond acceptors (Lipinski definition) is 5. The number of benzene rings is 3. The molecule has 0 atom stereocenters. The molecule has 0 fully saturated rings. The Morgan fingerprint density at radius 2 is 1.83 bits per heavy atom. The number of nitrogens with one attached hydrogen (secondary N) is 1. The fraction of sp³-hybridized carbons (Fsp3) is 0.125. The second-order valence-electron chi connectivity index (χ2n) is 6.77. The van der Waals surface area contributed by atoms with Gasteiger partial charge in [-0.25, -0.2) is 14.8 Å². The van der Waals surface area contributed by atoms with Crippen LogP contribution in [0.3, 0.4) is 0 Å². The summed E-state index contributed by atoms with van der Waals surface area (Å²) in [7, 11) is 0. The second-order valence-corrected chi connectivity index (χ2v) is 7.68. The van der Waals surface area contributed by atoms with Crippen molar-refractivity contribution in [2.45, 2.75) is 13.3 Å². The van der Waals surface area contributed by atoms with E-state index in [9.17, 15) is 4.79 Å². The molecule has 0 radical (unpaired) electrons. The molecule has 4 aromatic rings. The lowest BCUT2D eigenvalue weighted by Gasteiger charge is -2.12. The number of aromatic nitrogens is 2. The van der Waals surface area contributed by atoms with Gasteiger partial charge in [-0.2, -0.15) is 0 Å². The summed E-state index contributed by atoms with van der Waals surface area (Å²) in [5.74, 6) is 0.964. The highest BCUT2D eigenvalue weighted by Crippen LogP contribution is 2.29. The van der Waals surface area contributed by atoms with Gasteiger partial charge < -0.3 is 10.1 Å². The lowest BCUT2D eigenvalue weighted by molar-refractivity contribution is 0.0505. The average Bonchev–Trinajstić information content (AvgIpc) is 2.78. The number of carbonyl (C=O) groups is 1. The third-order valence-corrected chi connectivity index (χ3v) is 4.98. The zero-order valence-electron chi connectivity index (χ0n) is 16.4. The zero-order valence-corrected chi connectivity index (χ0v) is 18.0. The van der Waals surface area contributed by atoms with Crippen LogP contribution in [0.5, 0.6) is 0 Å². The van der Waals surface area contributed by atoms with E-state index in [4.69, 9.17) is 14.7 Å². The highest BCUT2D eigenvalue weighted by molar-refractivity contribution is 9.10. The van der Waals surface area contributed by atoms with Crippen LogP contribution in [0.1, 0.15) is 23.7 Å². The molecule has 3 aromatic carbocycles. The molecule has 0 spiro atoms. The smallest absolute Gasteiger partial charge is 0.338 e. The molecule has 1 N–H and O–H groups in total. The Morgan fingerprint density at radius 1 is 1.00 bits per heavy atom. The first-order valence-electron chi connectivity index (χ1n) is 9.71. The summed E-state index contributed by atoms with van der Waals surface area (Å²) in [4.78, 5) is 21.7. The van der Waals surface area contributed by atoms with Crippen LogP contribution in [0.2, 0.25) is 0 Å². The van der Waals surface area contributed by atoms with E-state index in [1.165, 1.54) is 0 Å². The van der Waals surface area contributed by atoms with E-state index in [2.05, 4.69) is 21.2 Å². The minimum absolute atomic E-state index is 0.333. The maximum atomic E-state index is 12.2. The van der Waals surface area contributed by atoms with Gasteiger partial charge in [0.2, 0.25) is 0 Å². The van der Waals surface area contributed by atoms with E-state index in [-0.39, 0.29) is 5.97 Å². The summed E-state index contributed by atoms with van der Waals surface area (Å²) in [5, 5.41) is 4.23. The Morgan fingerprint density at radius 3 is 2.63 bits per heavy atom. The minimum atomic E-state index is -0.333. The van der Waals surface area contributed by atoms with Gasteiger partial charge in [0, 0.05) is 21.1 Å². The van der Waals surface area contributed by atoms with Crippen molar-refractivity contribution in [2.75, 3.05) is 11.9 Å². The van der Waals surface area contributed by atoms with Gasteiger partial charge >= 0.3 is 5.97 Å². The molecule has 5 nitrogen and oxygen atoms in total. The second kappa shape index (κ2) is 9.05. The molecule has 150 valence electrons. The molecule has 4 rings (SSSR count). The summed E-state index contributed by atoms with van der Waals surface area (Å²) in [6, 6.07) is 23.0. The molecule has 0 aliphatic carbocycles. The SMILES string of the molecule is CCCOC(=O)c1cccc(Nc2nc(-c3ccccc3)nc3ccc(Br)cc23)c1. The molecule has 6 heteroatoms. The first-order chi connectivity index (χ1) is 14.6. The minimum Gasteiger partial charge on any atom is -0.462 e. The number of carbonyl (C=O) groups excluding carboxylic acids is 1. The molecule has 0 saturated heterocycles. The van der Waals surface area contributed by atoms with Crippen LogP contribution in [0.15, 0.2) is 77.3 Å². The Balaban J connectivity index is 1.75. The molecule has 0 saturated carbocycles. The number of fused-ring (bicyclic) bond motifs is 1. The van der Waals surface area contributed by atoms with Crippen molar-refractivity contribution in [3.05, 3.63) is 82.8 Å². The molecule has 0 aliphatic heterocycles. The molecule has 1 heterocycles. The largest absolute Gasteiger partial charge is 0.462 e. The molecule has 0 bridgehead atoms. The predicted molar refractivity (Wildman–Crippen MR) is 123 cm³/mol. The van der Waals surface area contributed by atoms with E-state index in [1.54, 1.807) is 12.1 Å². The van der Waals surface area contributed by atoms with Crippen LogP contribution in [0, 0.1) is 0 Å². The van der Waals surface area contributed by atoms with Gasteiger partial charge in [0.25, 0.3) is 0 Å². The van der Waals surface area contributed by atoms with Crippen molar-refractivity contribution in [3.63, 3.8) is 0 Å². The van der Waals surface area contributed by atoms with Gasteiger partial charge in [0.1, 0.15) is 5.82 Å². The number of ether oxygens (including phenoxy) is 1. The summed E-state index contributed by atoms with van der Waals surface area (Å²) in [6.07, 6.45) is 0.785. The standard InChI is InChI=1S/C24H20BrN3O2/c1-2-13-30-24(29)17-9-6-10-19(14-17)26-23-20-15-18(25)11-12-21(20)27-22(28-23)16-7-4-3-5-8-16/h3-12,14-15H,2,13H2,1H3,(H,26,27,28). The third kappa shape index (κ3) is 4.49. The number of rotatable bonds is 6. The van der Waals surface area contributed by atoms with Crippen molar-refractivity contribution in [3.8, 4) is 11.4 Å².